The molecule has 0 radical (unpaired) electrons. The smallest absolute Gasteiger partial charge is 0.236 e. The summed E-state index contributed by atoms with van der Waals surface area (Å²) in [5.41, 5.74) is 3.61. The van der Waals surface area contributed by atoms with Gasteiger partial charge in [0.2, 0.25) is 5.89 Å². The number of benzene rings is 1. The standard InChI is InChI=1S/C24H25N3O2S/c1-2-6-22-19(5-1)14-23(30-22)24-26-20(16-29-24)15-28-21-9-7-18(8-10-21)4-3-12-27-13-11-25-17-27/h7-11,13-14,16-17H,1-6,12,15H2. The van der Waals surface area contributed by atoms with Crippen molar-refractivity contribution in [3.8, 4) is 16.5 Å². The summed E-state index contributed by atoms with van der Waals surface area (Å²) in [4.78, 5) is 11.3. The number of hydrogen-bond acceptors (Lipinski definition) is 5. The lowest BCUT2D eigenvalue weighted by Gasteiger charge is -2.08. The summed E-state index contributed by atoms with van der Waals surface area (Å²) in [7, 11) is 0. The zero-order chi connectivity index (χ0) is 20.2. The molecule has 6 heteroatoms. The first-order valence-corrected chi connectivity index (χ1v) is 11.4. The van der Waals surface area contributed by atoms with E-state index in [0.29, 0.717) is 12.5 Å². The minimum atomic E-state index is 0.411. The highest BCUT2D eigenvalue weighted by molar-refractivity contribution is 7.15. The number of ether oxygens (including phenoxy) is 1. The van der Waals surface area contributed by atoms with E-state index in [1.807, 2.05) is 42.2 Å². The van der Waals surface area contributed by atoms with Crippen LogP contribution in [0.1, 0.15) is 41.0 Å². The number of hydrogen-bond donors (Lipinski definition) is 0. The predicted octanol–water partition coefficient (Wildman–Crippen LogP) is 5.69. The van der Waals surface area contributed by atoms with Crippen molar-refractivity contribution in [2.45, 2.75) is 51.7 Å². The SMILES string of the molecule is c1cn(CCCc2ccc(OCc3coc(-c4cc5c(s4)CCCC5)n3)cc2)cn1. The highest BCUT2D eigenvalue weighted by atomic mass is 32.1. The van der Waals surface area contributed by atoms with Crippen LogP contribution in [0.2, 0.25) is 0 Å². The Kier molecular flexibility index (Phi) is 5.66. The Morgan fingerprint density at radius 1 is 1.13 bits per heavy atom. The van der Waals surface area contributed by atoms with Gasteiger partial charge in [0.15, 0.2) is 0 Å². The van der Waals surface area contributed by atoms with Crippen LogP contribution >= 0.6 is 11.3 Å². The molecule has 3 aromatic heterocycles. The van der Waals surface area contributed by atoms with Gasteiger partial charge < -0.3 is 13.7 Å². The highest BCUT2D eigenvalue weighted by Gasteiger charge is 2.17. The second kappa shape index (κ2) is 8.88. The normalized spacial score (nSPS) is 13.3. The summed E-state index contributed by atoms with van der Waals surface area (Å²) >= 11 is 1.82. The molecule has 0 atom stereocenters. The Morgan fingerprint density at radius 3 is 2.87 bits per heavy atom. The van der Waals surface area contributed by atoms with Gasteiger partial charge in [-0.3, -0.25) is 0 Å². The number of rotatable bonds is 8. The van der Waals surface area contributed by atoms with Crippen LogP contribution in [-0.2, 0) is 32.4 Å². The number of fused-ring (bicyclic) bond motifs is 1. The summed E-state index contributed by atoms with van der Waals surface area (Å²) in [6, 6.07) is 10.6. The van der Waals surface area contributed by atoms with Gasteiger partial charge in [0.25, 0.3) is 0 Å². The summed E-state index contributed by atoms with van der Waals surface area (Å²) < 4.78 is 13.7. The molecule has 30 heavy (non-hydrogen) atoms. The van der Waals surface area contributed by atoms with Gasteiger partial charge in [-0.05, 0) is 67.9 Å². The molecule has 1 aromatic carbocycles. The molecule has 0 amide bonds. The Labute approximate surface area is 180 Å². The first-order chi connectivity index (χ1) is 14.8. The van der Waals surface area contributed by atoms with Crippen molar-refractivity contribution in [1.82, 2.24) is 14.5 Å². The van der Waals surface area contributed by atoms with E-state index in [2.05, 4.69) is 32.7 Å². The summed E-state index contributed by atoms with van der Waals surface area (Å²) in [5.74, 6) is 1.56. The van der Waals surface area contributed by atoms with E-state index in [0.717, 1.165) is 35.7 Å². The monoisotopic (exact) mass is 419 g/mol. The summed E-state index contributed by atoms with van der Waals surface area (Å²) in [5, 5.41) is 0. The number of nitrogens with zero attached hydrogens (tertiary/aromatic N) is 3. The average molecular weight is 420 g/mol. The third-order valence-electron chi connectivity index (χ3n) is 5.51. The molecule has 0 fully saturated rings. The predicted molar refractivity (Wildman–Crippen MR) is 118 cm³/mol. The maximum absolute atomic E-state index is 5.91. The maximum Gasteiger partial charge on any atom is 0.236 e. The van der Waals surface area contributed by atoms with Crippen LogP contribution in [0.15, 0.2) is 59.7 Å². The molecule has 0 aliphatic heterocycles. The summed E-state index contributed by atoms with van der Waals surface area (Å²) in [6.45, 7) is 1.40. The largest absolute Gasteiger partial charge is 0.487 e. The average Bonchev–Trinajstić information content (AvgIpc) is 3.53. The molecule has 3 heterocycles. The minimum Gasteiger partial charge on any atom is -0.487 e. The molecule has 5 nitrogen and oxygen atoms in total. The zero-order valence-corrected chi connectivity index (χ0v) is 17.7. The molecule has 1 aliphatic carbocycles. The Balaban J connectivity index is 1.13. The third kappa shape index (κ3) is 4.49. The van der Waals surface area contributed by atoms with Crippen LogP contribution in [0.5, 0.6) is 5.75 Å². The molecule has 0 saturated heterocycles. The molecule has 154 valence electrons. The van der Waals surface area contributed by atoms with Crippen molar-refractivity contribution in [2.24, 2.45) is 0 Å². The van der Waals surface area contributed by atoms with E-state index in [-0.39, 0.29) is 0 Å². The molecule has 5 rings (SSSR count). The molecular formula is C24H25N3O2S. The molecule has 0 unspecified atom stereocenters. The topological polar surface area (TPSA) is 53.1 Å². The van der Waals surface area contributed by atoms with Crippen molar-refractivity contribution in [3.63, 3.8) is 0 Å². The van der Waals surface area contributed by atoms with Gasteiger partial charge in [-0.2, -0.15) is 0 Å². The van der Waals surface area contributed by atoms with Crippen LogP contribution in [0, 0.1) is 0 Å². The fraction of sp³-hybridized carbons (Fsp3) is 0.333. The molecule has 1 aliphatic rings. The molecule has 0 bridgehead atoms. The van der Waals surface area contributed by atoms with Gasteiger partial charge in [-0.1, -0.05) is 12.1 Å². The zero-order valence-electron chi connectivity index (χ0n) is 16.9. The van der Waals surface area contributed by atoms with E-state index in [1.54, 1.807) is 6.26 Å². The number of oxazole rings is 1. The van der Waals surface area contributed by atoms with E-state index >= 15 is 0 Å². The van der Waals surface area contributed by atoms with Crippen LogP contribution < -0.4 is 4.74 Å². The lowest BCUT2D eigenvalue weighted by Crippen LogP contribution is -1.98. The van der Waals surface area contributed by atoms with Crippen LogP contribution in [-0.4, -0.2) is 14.5 Å². The van der Waals surface area contributed by atoms with E-state index < -0.39 is 0 Å². The number of imidazole rings is 1. The van der Waals surface area contributed by atoms with E-state index in [9.17, 15) is 0 Å². The van der Waals surface area contributed by atoms with Crippen molar-refractivity contribution in [1.29, 1.82) is 0 Å². The fourth-order valence-electron chi connectivity index (χ4n) is 3.88. The first kappa shape index (κ1) is 19.1. The number of aromatic nitrogens is 3. The highest BCUT2D eigenvalue weighted by Crippen LogP contribution is 2.35. The van der Waals surface area contributed by atoms with Crippen molar-refractivity contribution in [3.05, 3.63) is 77.0 Å². The van der Waals surface area contributed by atoms with Gasteiger partial charge in [-0.15, -0.1) is 11.3 Å². The lowest BCUT2D eigenvalue weighted by molar-refractivity contribution is 0.301. The van der Waals surface area contributed by atoms with Crippen molar-refractivity contribution < 1.29 is 9.15 Å². The molecular weight excluding hydrogens is 394 g/mol. The molecule has 4 aromatic rings. The van der Waals surface area contributed by atoms with Gasteiger partial charge in [0, 0.05) is 23.8 Å². The quantitative estimate of drug-likeness (QED) is 0.368. The van der Waals surface area contributed by atoms with Gasteiger partial charge in [-0.25, -0.2) is 9.97 Å². The maximum atomic E-state index is 5.91. The van der Waals surface area contributed by atoms with Crippen molar-refractivity contribution in [2.75, 3.05) is 0 Å². The third-order valence-corrected chi connectivity index (χ3v) is 6.74. The lowest BCUT2D eigenvalue weighted by atomic mass is 9.99. The summed E-state index contributed by atoms with van der Waals surface area (Å²) in [6.07, 6.45) is 14.5. The Bertz CT molecular complexity index is 1060. The number of thiophene rings is 1. The van der Waals surface area contributed by atoms with E-state index in [4.69, 9.17) is 9.15 Å². The van der Waals surface area contributed by atoms with Crippen LogP contribution in [0.25, 0.3) is 10.8 Å². The van der Waals surface area contributed by atoms with Gasteiger partial charge >= 0.3 is 0 Å². The number of aryl methyl sites for hydroxylation is 4. The second-order valence-corrected chi connectivity index (χ2v) is 8.88. The minimum absolute atomic E-state index is 0.411. The second-order valence-electron chi connectivity index (χ2n) is 7.75. The van der Waals surface area contributed by atoms with Crippen molar-refractivity contribution >= 4 is 11.3 Å². The van der Waals surface area contributed by atoms with Gasteiger partial charge in [0.1, 0.15) is 24.3 Å². The van der Waals surface area contributed by atoms with E-state index in [1.165, 1.54) is 41.7 Å². The van der Waals surface area contributed by atoms with Crippen LogP contribution in [0.3, 0.4) is 0 Å². The first-order valence-electron chi connectivity index (χ1n) is 10.6. The Hall–Kier alpha value is -2.86. The fourth-order valence-corrected chi connectivity index (χ4v) is 5.06. The molecule has 0 N–H and O–H groups in total. The molecule has 0 saturated carbocycles. The van der Waals surface area contributed by atoms with Crippen LogP contribution in [0.4, 0.5) is 0 Å². The molecule has 0 spiro atoms. The van der Waals surface area contributed by atoms with Gasteiger partial charge in [0.05, 0.1) is 11.2 Å². The Morgan fingerprint density at radius 2 is 2.03 bits per heavy atom.